The van der Waals surface area contributed by atoms with E-state index in [1.807, 2.05) is 20.8 Å². The smallest absolute Gasteiger partial charge is 0.271 e. The molecule has 0 unspecified atom stereocenters. The Morgan fingerprint density at radius 2 is 1.86 bits per heavy atom. The fourth-order valence-electron chi connectivity index (χ4n) is 3.81. The molecule has 1 heterocycles. The zero-order chi connectivity index (χ0) is 21.4. The summed E-state index contributed by atoms with van der Waals surface area (Å²) in [7, 11) is 0. The number of amides is 3. The topological polar surface area (TPSA) is 87.7 Å². The van der Waals surface area contributed by atoms with Crippen LogP contribution in [0.5, 0.6) is 5.75 Å². The molecule has 29 heavy (non-hydrogen) atoms. The van der Waals surface area contributed by atoms with Crippen LogP contribution in [-0.2, 0) is 9.59 Å². The van der Waals surface area contributed by atoms with Crippen molar-refractivity contribution in [2.24, 2.45) is 0 Å². The number of benzene rings is 1. The van der Waals surface area contributed by atoms with Gasteiger partial charge in [0.05, 0.1) is 5.69 Å². The van der Waals surface area contributed by atoms with Crippen LogP contribution in [0, 0.1) is 0 Å². The van der Waals surface area contributed by atoms with Crippen LogP contribution in [0.4, 0.5) is 5.69 Å². The van der Waals surface area contributed by atoms with E-state index < -0.39 is 11.1 Å². The Kier molecular flexibility index (Phi) is 5.61. The molecule has 7 heteroatoms. The van der Waals surface area contributed by atoms with Gasteiger partial charge in [-0.05, 0) is 65.7 Å². The zero-order valence-electron chi connectivity index (χ0n) is 17.9. The lowest BCUT2D eigenvalue weighted by Gasteiger charge is -2.39. The predicted molar refractivity (Wildman–Crippen MR) is 111 cm³/mol. The number of nitrogens with one attached hydrogen (secondary N) is 2. The summed E-state index contributed by atoms with van der Waals surface area (Å²) in [4.78, 5) is 39.6. The van der Waals surface area contributed by atoms with E-state index in [1.165, 1.54) is 4.90 Å². The Labute approximate surface area is 172 Å². The minimum atomic E-state index is -1.09. The van der Waals surface area contributed by atoms with Gasteiger partial charge in [-0.15, -0.1) is 0 Å². The Morgan fingerprint density at radius 1 is 1.21 bits per heavy atom. The van der Waals surface area contributed by atoms with Gasteiger partial charge in [0, 0.05) is 17.1 Å². The minimum Gasteiger partial charge on any atom is -0.476 e. The molecule has 158 valence electrons. The molecule has 1 aliphatic carbocycles. The number of anilines is 1. The Bertz CT molecular complexity index is 820. The van der Waals surface area contributed by atoms with Gasteiger partial charge in [0.15, 0.2) is 5.60 Å². The predicted octanol–water partition coefficient (Wildman–Crippen LogP) is 2.78. The molecule has 1 saturated carbocycles. The number of rotatable bonds is 4. The van der Waals surface area contributed by atoms with Gasteiger partial charge in [-0.1, -0.05) is 12.8 Å². The molecule has 1 aromatic carbocycles. The number of ether oxygens (including phenoxy) is 1. The van der Waals surface area contributed by atoms with E-state index in [0.717, 1.165) is 25.7 Å². The molecule has 0 saturated heterocycles. The van der Waals surface area contributed by atoms with Crippen LogP contribution in [0.3, 0.4) is 0 Å². The molecule has 7 nitrogen and oxygen atoms in total. The number of carbonyl (C=O) groups is 3. The maximum Gasteiger partial charge on any atom is 0.271 e. The average molecular weight is 402 g/mol. The van der Waals surface area contributed by atoms with Crippen molar-refractivity contribution in [1.82, 2.24) is 10.6 Å². The Morgan fingerprint density at radius 3 is 2.48 bits per heavy atom. The maximum atomic E-state index is 13.0. The van der Waals surface area contributed by atoms with E-state index in [-0.39, 0.29) is 30.3 Å². The van der Waals surface area contributed by atoms with Crippen LogP contribution >= 0.6 is 0 Å². The van der Waals surface area contributed by atoms with Crippen molar-refractivity contribution in [3.05, 3.63) is 23.8 Å². The summed E-state index contributed by atoms with van der Waals surface area (Å²) in [6.07, 6.45) is 4.24. The van der Waals surface area contributed by atoms with Crippen LogP contribution in [0.15, 0.2) is 18.2 Å². The molecular weight excluding hydrogens is 370 g/mol. The third kappa shape index (κ3) is 4.89. The summed E-state index contributed by atoms with van der Waals surface area (Å²) in [5.74, 6) is -0.274. The van der Waals surface area contributed by atoms with Crippen LogP contribution in [0.2, 0.25) is 0 Å². The second-order valence-corrected chi connectivity index (χ2v) is 9.44. The van der Waals surface area contributed by atoms with Gasteiger partial charge in [-0.2, -0.15) is 0 Å². The molecule has 0 spiro atoms. The SMILES string of the molecule is CC(C)(C)NC(=O)CN1C(=O)C(C)(C)Oc2ccc(C(=O)NC3CCCC3)cc21. The number of hydrogen-bond acceptors (Lipinski definition) is 4. The monoisotopic (exact) mass is 401 g/mol. The third-order valence-corrected chi connectivity index (χ3v) is 5.14. The van der Waals surface area contributed by atoms with Crippen molar-refractivity contribution in [3.8, 4) is 5.75 Å². The van der Waals surface area contributed by atoms with Crippen LogP contribution in [0.1, 0.15) is 70.7 Å². The standard InChI is InChI=1S/C22H31N3O4/c1-21(2,3)24-18(26)13-25-16-12-14(19(27)23-15-8-6-7-9-15)10-11-17(16)29-22(4,5)20(25)28/h10-12,15H,6-9,13H2,1-5H3,(H,23,27)(H,24,26). The second-order valence-electron chi connectivity index (χ2n) is 9.44. The molecule has 3 rings (SSSR count). The van der Waals surface area contributed by atoms with Crippen molar-refractivity contribution in [3.63, 3.8) is 0 Å². The van der Waals surface area contributed by atoms with Crippen LogP contribution < -0.4 is 20.3 Å². The number of fused-ring (bicyclic) bond motifs is 1. The first-order valence-electron chi connectivity index (χ1n) is 10.2. The summed E-state index contributed by atoms with van der Waals surface area (Å²) in [5, 5.41) is 5.93. The summed E-state index contributed by atoms with van der Waals surface area (Å²) >= 11 is 0. The maximum absolute atomic E-state index is 13.0. The van der Waals surface area contributed by atoms with E-state index >= 15 is 0 Å². The molecule has 1 aliphatic heterocycles. The van der Waals surface area contributed by atoms with Crippen LogP contribution in [0.25, 0.3) is 0 Å². The lowest BCUT2D eigenvalue weighted by atomic mass is 10.0. The first-order valence-corrected chi connectivity index (χ1v) is 10.2. The summed E-state index contributed by atoms with van der Waals surface area (Å²) < 4.78 is 5.86. The van der Waals surface area contributed by atoms with E-state index in [0.29, 0.717) is 17.0 Å². The van der Waals surface area contributed by atoms with E-state index in [4.69, 9.17) is 4.74 Å². The van der Waals surface area contributed by atoms with Gasteiger partial charge in [0.25, 0.3) is 11.8 Å². The van der Waals surface area contributed by atoms with Crippen molar-refractivity contribution < 1.29 is 19.1 Å². The first kappa shape index (κ1) is 21.1. The van der Waals surface area contributed by atoms with E-state index in [9.17, 15) is 14.4 Å². The molecule has 1 aromatic rings. The largest absolute Gasteiger partial charge is 0.476 e. The molecule has 3 amide bonds. The summed E-state index contributed by atoms with van der Waals surface area (Å²) in [6.45, 7) is 8.87. The lowest BCUT2D eigenvalue weighted by Crippen LogP contribution is -2.56. The average Bonchev–Trinajstić information content (AvgIpc) is 3.09. The highest BCUT2D eigenvalue weighted by Gasteiger charge is 2.42. The van der Waals surface area contributed by atoms with Gasteiger partial charge in [0.2, 0.25) is 5.91 Å². The second kappa shape index (κ2) is 7.69. The van der Waals surface area contributed by atoms with Crippen molar-refractivity contribution in [1.29, 1.82) is 0 Å². The molecular formula is C22H31N3O4. The van der Waals surface area contributed by atoms with E-state index in [2.05, 4.69) is 10.6 Å². The van der Waals surface area contributed by atoms with Crippen molar-refractivity contribution >= 4 is 23.4 Å². The van der Waals surface area contributed by atoms with Crippen LogP contribution in [-0.4, -0.2) is 41.4 Å². The highest BCUT2D eigenvalue weighted by Crippen LogP contribution is 2.38. The Balaban J connectivity index is 1.87. The highest BCUT2D eigenvalue weighted by atomic mass is 16.5. The number of carbonyl (C=O) groups excluding carboxylic acids is 3. The van der Waals surface area contributed by atoms with Crippen molar-refractivity contribution in [2.45, 2.75) is 77.5 Å². The molecule has 1 fully saturated rings. The fraction of sp³-hybridized carbons (Fsp3) is 0.591. The molecule has 0 bridgehead atoms. The minimum absolute atomic E-state index is 0.135. The molecule has 0 aromatic heterocycles. The van der Waals surface area contributed by atoms with E-state index in [1.54, 1.807) is 32.0 Å². The van der Waals surface area contributed by atoms with Gasteiger partial charge >= 0.3 is 0 Å². The number of nitrogens with zero attached hydrogens (tertiary/aromatic N) is 1. The molecule has 2 aliphatic rings. The molecule has 0 atom stereocenters. The zero-order valence-corrected chi connectivity index (χ0v) is 17.9. The van der Waals surface area contributed by atoms with Gasteiger partial charge in [-0.25, -0.2) is 0 Å². The van der Waals surface area contributed by atoms with Gasteiger partial charge < -0.3 is 15.4 Å². The number of hydrogen-bond donors (Lipinski definition) is 2. The normalized spacial score (nSPS) is 18.8. The molecule has 2 N–H and O–H groups in total. The fourth-order valence-corrected chi connectivity index (χ4v) is 3.81. The Hall–Kier alpha value is -2.57. The van der Waals surface area contributed by atoms with Gasteiger partial charge in [-0.3, -0.25) is 19.3 Å². The molecule has 0 radical (unpaired) electrons. The highest BCUT2D eigenvalue weighted by molar-refractivity contribution is 6.07. The van der Waals surface area contributed by atoms with Crippen molar-refractivity contribution in [2.75, 3.05) is 11.4 Å². The summed E-state index contributed by atoms with van der Waals surface area (Å²) in [5.41, 5.74) is -0.610. The first-order chi connectivity index (χ1) is 13.5. The van der Waals surface area contributed by atoms with Gasteiger partial charge in [0.1, 0.15) is 12.3 Å². The lowest BCUT2D eigenvalue weighted by molar-refractivity contribution is -0.134. The summed E-state index contributed by atoms with van der Waals surface area (Å²) in [6, 6.07) is 5.23. The quantitative estimate of drug-likeness (QED) is 0.812. The third-order valence-electron chi connectivity index (χ3n) is 5.14.